The van der Waals surface area contributed by atoms with Crippen LogP contribution in [0.3, 0.4) is 0 Å². The molecule has 174 valence electrons. The average Bonchev–Trinajstić information content (AvgIpc) is 2.85. The van der Waals surface area contributed by atoms with Crippen LogP contribution in [0.5, 0.6) is 0 Å². The Morgan fingerprint density at radius 3 is 2.58 bits per heavy atom. The molecule has 33 heavy (non-hydrogen) atoms. The summed E-state index contributed by atoms with van der Waals surface area (Å²) in [5.74, 6) is -0.666. The second-order valence-corrected chi connectivity index (χ2v) is 8.62. The van der Waals surface area contributed by atoms with E-state index >= 15 is 0 Å². The van der Waals surface area contributed by atoms with Gasteiger partial charge < -0.3 is 30.3 Å². The Labute approximate surface area is 192 Å². The number of carbonyl (C=O) groups is 1. The first-order chi connectivity index (χ1) is 16.0. The molecule has 2 fully saturated rings. The molecule has 2 aromatic carbocycles. The van der Waals surface area contributed by atoms with E-state index in [-0.39, 0.29) is 12.2 Å². The summed E-state index contributed by atoms with van der Waals surface area (Å²) in [6.07, 6.45) is 1.65. The van der Waals surface area contributed by atoms with E-state index in [4.69, 9.17) is 9.84 Å². The molecule has 2 aliphatic heterocycles. The van der Waals surface area contributed by atoms with Crippen molar-refractivity contribution in [3.63, 3.8) is 0 Å². The highest BCUT2D eigenvalue weighted by atomic mass is 16.5. The fourth-order valence-electron chi connectivity index (χ4n) is 4.42. The number of nitrogens with zero attached hydrogens (tertiary/aromatic N) is 2. The topological polar surface area (TPSA) is 126 Å². The number of rotatable bonds is 5. The summed E-state index contributed by atoms with van der Waals surface area (Å²) in [5.41, 5.74) is 1.80. The highest BCUT2D eigenvalue weighted by Crippen LogP contribution is 2.26. The zero-order valence-electron chi connectivity index (χ0n) is 18.4. The number of hydrogen-bond acceptors (Lipinski definition) is 7. The van der Waals surface area contributed by atoms with Crippen molar-refractivity contribution >= 4 is 28.4 Å². The van der Waals surface area contributed by atoms with E-state index in [1.54, 1.807) is 0 Å². The fourth-order valence-corrected chi connectivity index (χ4v) is 4.42. The summed E-state index contributed by atoms with van der Waals surface area (Å²) in [7, 11) is 0. The van der Waals surface area contributed by atoms with Gasteiger partial charge in [0, 0.05) is 18.8 Å². The lowest BCUT2D eigenvalue weighted by atomic mass is 9.98. The number of amides is 1. The summed E-state index contributed by atoms with van der Waals surface area (Å²) in [6, 6.07) is 13.1. The van der Waals surface area contributed by atoms with E-state index in [0.717, 1.165) is 23.9 Å². The lowest BCUT2D eigenvalue weighted by Gasteiger charge is -2.37. The van der Waals surface area contributed by atoms with E-state index in [0.29, 0.717) is 5.56 Å². The lowest BCUT2D eigenvalue weighted by molar-refractivity contribution is -0.163. The van der Waals surface area contributed by atoms with Crippen LogP contribution in [0.4, 0.5) is 5.69 Å². The van der Waals surface area contributed by atoms with Crippen molar-refractivity contribution in [3.8, 4) is 6.07 Å². The average molecular weight is 452 g/mol. The predicted molar refractivity (Wildman–Crippen MR) is 124 cm³/mol. The van der Waals surface area contributed by atoms with Crippen molar-refractivity contribution in [2.45, 2.75) is 43.6 Å². The number of aliphatic hydroxyl groups is 3. The minimum absolute atomic E-state index is 0.0801. The number of fused-ring (bicyclic) bond motifs is 1. The van der Waals surface area contributed by atoms with Gasteiger partial charge in [-0.2, -0.15) is 5.26 Å². The Hall–Kier alpha value is -2.96. The molecule has 0 radical (unpaired) electrons. The van der Waals surface area contributed by atoms with Gasteiger partial charge in [-0.25, -0.2) is 0 Å². The molecule has 2 aliphatic rings. The first kappa shape index (κ1) is 23.2. The van der Waals surface area contributed by atoms with Crippen molar-refractivity contribution in [1.82, 2.24) is 5.32 Å². The number of nitrogens with one attached hydrogen (secondary N) is 1. The van der Waals surface area contributed by atoms with Crippen molar-refractivity contribution < 1.29 is 24.9 Å². The summed E-state index contributed by atoms with van der Waals surface area (Å²) < 4.78 is 5.28. The van der Waals surface area contributed by atoms with Gasteiger partial charge in [0.05, 0.1) is 19.3 Å². The molecule has 2 aromatic rings. The molecule has 4 rings (SSSR count). The monoisotopic (exact) mass is 451 g/mol. The maximum absolute atomic E-state index is 12.6. The molecular weight excluding hydrogens is 422 g/mol. The van der Waals surface area contributed by atoms with Crippen molar-refractivity contribution in [2.24, 2.45) is 0 Å². The predicted octanol–water partition coefficient (Wildman–Crippen LogP) is 1.33. The first-order valence-electron chi connectivity index (χ1n) is 11.3. The third kappa shape index (κ3) is 5.18. The second kappa shape index (κ2) is 10.3. The zero-order valence-corrected chi connectivity index (χ0v) is 18.4. The molecule has 2 saturated heterocycles. The van der Waals surface area contributed by atoms with Gasteiger partial charge in [-0.05, 0) is 59.9 Å². The van der Waals surface area contributed by atoms with Gasteiger partial charge in [-0.1, -0.05) is 18.2 Å². The smallest absolute Gasteiger partial charge is 0.262 e. The highest BCUT2D eigenvalue weighted by Gasteiger charge is 2.39. The van der Waals surface area contributed by atoms with E-state index in [2.05, 4.69) is 28.4 Å². The van der Waals surface area contributed by atoms with E-state index in [9.17, 15) is 20.3 Å². The van der Waals surface area contributed by atoms with Gasteiger partial charge in [0.25, 0.3) is 5.91 Å². The number of piperidine rings is 1. The quantitative estimate of drug-likeness (QED) is 0.399. The Morgan fingerprint density at radius 2 is 1.85 bits per heavy atom. The number of aliphatic hydroxyl groups excluding tert-OH is 3. The summed E-state index contributed by atoms with van der Waals surface area (Å²) >= 11 is 0. The fraction of sp³-hybridized carbons (Fsp3) is 0.440. The van der Waals surface area contributed by atoms with Crippen LogP contribution in [0.25, 0.3) is 16.8 Å². The molecule has 8 heteroatoms. The molecule has 4 N–H and O–H groups in total. The summed E-state index contributed by atoms with van der Waals surface area (Å²) in [6.45, 7) is 1.63. The molecule has 0 saturated carbocycles. The SMILES string of the molecule is N#C/C(=C\c1ccc2cc(N3CCCCC3)ccc2c1)C(=O)N[C@H]1CO[C@H](CO)[C@@H](O)[C@@H]1O. The van der Waals surface area contributed by atoms with E-state index < -0.39 is 36.9 Å². The maximum Gasteiger partial charge on any atom is 0.262 e. The van der Waals surface area contributed by atoms with Crippen molar-refractivity contribution in [3.05, 3.63) is 47.5 Å². The van der Waals surface area contributed by atoms with Crippen LogP contribution in [-0.4, -0.2) is 71.9 Å². The van der Waals surface area contributed by atoms with Crippen molar-refractivity contribution in [2.75, 3.05) is 31.2 Å². The summed E-state index contributed by atoms with van der Waals surface area (Å²) in [5, 5.41) is 43.5. The van der Waals surface area contributed by atoms with Gasteiger partial charge in [0.2, 0.25) is 0 Å². The third-order valence-corrected chi connectivity index (χ3v) is 6.37. The van der Waals surface area contributed by atoms with Gasteiger partial charge in [-0.15, -0.1) is 0 Å². The van der Waals surface area contributed by atoms with Crippen LogP contribution in [0.1, 0.15) is 24.8 Å². The largest absolute Gasteiger partial charge is 0.394 e. The number of ether oxygens (including phenoxy) is 1. The summed E-state index contributed by atoms with van der Waals surface area (Å²) in [4.78, 5) is 15.0. The standard InChI is InChI=1S/C25H29N3O5/c26-13-19(25(32)27-21-15-33-22(14-29)24(31)23(21)30)11-16-4-5-18-12-20(7-6-17(18)10-16)28-8-2-1-3-9-28/h4-7,10-12,21-24,29-31H,1-3,8-9,14-15H2,(H,27,32)/b19-11+/t21-,22+,23+,24+/m0/s1. The molecule has 0 unspecified atom stereocenters. The highest BCUT2D eigenvalue weighted by molar-refractivity contribution is 6.02. The molecule has 8 nitrogen and oxygen atoms in total. The molecule has 4 atom stereocenters. The molecule has 0 aromatic heterocycles. The van der Waals surface area contributed by atoms with Crippen LogP contribution in [0.2, 0.25) is 0 Å². The number of carbonyl (C=O) groups excluding carboxylic acids is 1. The van der Waals surface area contributed by atoms with Crippen molar-refractivity contribution in [1.29, 1.82) is 5.26 Å². The van der Waals surface area contributed by atoms with Gasteiger partial charge in [0.1, 0.15) is 30.0 Å². The van der Waals surface area contributed by atoms with Crippen LogP contribution in [0.15, 0.2) is 42.0 Å². The van der Waals surface area contributed by atoms with Crippen LogP contribution in [-0.2, 0) is 9.53 Å². The van der Waals surface area contributed by atoms with E-state index in [1.807, 2.05) is 24.3 Å². The second-order valence-electron chi connectivity index (χ2n) is 8.62. The number of anilines is 1. The Morgan fingerprint density at radius 1 is 1.12 bits per heavy atom. The first-order valence-corrected chi connectivity index (χ1v) is 11.3. The molecule has 0 bridgehead atoms. The Kier molecular flexibility index (Phi) is 7.26. The normalized spacial score (nSPS) is 26.1. The molecular formula is C25H29N3O5. The third-order valence-electron chi connectivity index (χ3n) is 6.37. The number of hydrogen-bond donors (Lipinski definition) is 4. The van der Waals surface area contributed by atoms with E-state index in [1.165, 1.54) is 31.0 Å². The molecule has 2 heterocycles. The molecule has 0 aliphatic carbocycles. The number of nitriles is 1. The van der Waals surface area contributed by atoms with Gasteiger partial charge in [0.15, 0.2) is 0 Å². The zero-order chi connectivity index (χ0) is 23.4. The van der Waals surface area contributed by atoms with Crippen LogP contribution >= 0.6 is 0 Å². The van der Waals surface area contributed by atoms with Crippen LogP contribution < -0.4 is 10.2 Å². The Balaban J connectivity index is 1.48. The molecule has 1 amide bonds. The number of benzene rings is 2. The van der Waals surface area contributed by atoms with Gasteiger partial charge >= 0.3 is 0 Å². The van der Waals surface area contributed by atoms with Crippen LogP contribution in [0, 0.1) is 11.3 Å². The minimum Gasteiger partial charge on any atom is -0.394 e. The lowest BCUT2D eigenvalue weighted by Crippen LogP contribution is -2.60. The Bertz CT molecular complexity index is 1070. The maximum atomic E-state index is 12.6. The minimum atomic E-state index is -1.33. The van der Waals surface area contributed by atoms with Gasteiger partial charge in [-0.3, -0.25) is 4.79 Å². The molecule has 0 spiro atoms.